The number of aromatic nitrogens is 2. The van der Waals surface area contributed by atoms with Crippen LogP contribution in [0.3, 0.4) is 0 Å². The Morgan fingerprint density at radius 3 is 2.88 bits per heavy atom. The monoisotopic (exact) mass is 412 g/mol. The summed E-state index contributed by atoms with van der Waals surface area (Å²) in [6.07, 6.45) is 1.21. The molecule has 1 heterocycles. The zero-order valence-corrected chi connectivity index (χ0v) is 16.3. The second-order valence-corrected chi connectivity index (χ2v) is 7.10. The first-order valence-electron chi connectivity index (χ1n) is 7.99. The number of nitrogens with zero attached hydrogens (tertiary/aromatic N) is 2. The molecule has 0 aliphatic carbocycles. The van der Waals surface area contributed by atoms with Gasteiger partial charge in [-0.2, -0.15) is 0 Å². The zero-order chi connectivity index (χ0) is 17.5. The highest BCUT2D eigenvalue weighted by Gasteiger charge is 2.13. The average molecular weight is 413 g/mol. The van der Waals surface area contributed by atoms with Gasteiger partial charge in [0.05, 0.1) is 16.7 Å². The number of carbonyl (C=O) groups excluding carboxylic acids is 1. The lowest BCUT2D eigenvalue weighted by atomic mass is 10.2. The van der Waals surface area contributed by atoms with Crippen molar-refractivity contribution < 1.29 is 9.53 Å². The van der Waals surface area contributed by atoms with Gasteiger partial charge in [-0.25, -0.2) is 4.98 Å². The van der Waals surface area contributed by atoms with E-state index in [9.17, 15) is 9.59 Å². The first-order chi connectivity index (χ1) is 11.6. The Hall–Kier alpha value is -1.18. The summed E-state index contributed by atoms with van der Waals surface area (Å²) in [6, 6.07) is 5.46. The number of benzene rings is 1. The molecule has 0 spiro atoms. The maximum atomic E-state index is 12.8. The van der Waals surface area contributed by atoms with E-state index < -0.39 is 0 Å². The Morgan fingerprint density at radius 1 is 1.38 bits per heavy atom. The smallest absolute Gasteiger partial charge is 0.262 e. The van der Waals surface area contributed by atoms with E-state index in [-0.39, 0.29) is 11.3 Å². The van der Waals surface area contributed by atoms with Crippen molar-refractivity contribution in [3.63, 3.8) is 0 Å². The molecule has 0 saturated carbocycles. The van der Waals surface area contributed by atoms with E-state index in [1.165, 1.54) is 11.8 Å². The molecule has 0 aliphatic rings. The van der Waals surface area contributed by atoms with Gasteiger partial charge in [0.1, 0.15) is 5.78 Å². The molecular weight excluding hydrogens is 392 g/mol. The number of rotatable bonds is 9. The SMILES string of the molecule is CCOCCCn1c(SCC(=O)CC)nc2ccc(Br)cc2c1=O. The van der Waals surface area contributed by atoms with E-state index in [0.717, 1.165) is 10.9 Å². The number of halogens is 1. The molecule has 0 saturated heterocycles. The van der Waals surface area contributed by atoms with Crippen molar-refractivity contribution in [3.8, 4) is 0 Å². The summed E-state index contributed by atoms with van der Waals surface area (Å²) in [4.78, 5) is 29.1. The highest BCUT2D eigenvalue weighted by molar-refractivity contribution is 9.10. The molecule has 7 heteroatoms. The van der Waals surface area contributed by atoms with Crippen LogP contribution < -0.4 is 5.56 Å². The number of thioether (sulfide) groups is 1. The van der Waals surface area contributed by atoms with Crippen LogP contribution in [0.4, 0.5) is 0 Å². The number of Topliss-reactive ketones (excluding diaryl/α,β-unsaturated/α-hetero) is 1. The molecule has 5 nitrogen and oxygen atoms in total. The van der Waals surface area contributed by atoms with Crippen LogP contribution in [-0.4, -0.2) is 34.3 Å². The quantitative estimate of drug-likeness (QED) is 0.357. The van der Waals surface area contributed by atoms with Gasteiger partial charge in [0, 0.05) is 30.7 Å². The minimum Gasteiger partial charge on any atom is -0.382 e. The number of fused-ring (bicyclic) bond motifs is 1. The van der Waals surface area contributed by atoms with E-state index in [1.54, 1.807) is 10.6 Å². The molecule has 24 heavy (non-hydrogen) atoms. The van der Waals surface area contributed by atoms with E-state index >= 15 is 0 Å². The fraction of sp³-hybridized carbons (Fsp3) is 0.471. The molecule has 2 aromatic rings. The van der Waals surface area contributed by atoms with Crippen molar-refractivity contribution in [2.45, 2.75) is 38.4 Å². The average Bonchev–Trinajstić information content (AvgIpc) is 2.58. The van der Waals surface area contributed by atoms with Gasteiger partial charge in [-0.15, -0.1) is 0 Å². The Labute approximate surface area is 153 Å². The van der Waals surface area contributed by atoms with E-state index in [4.69, 9.17) is 4.74 Å². The maximum absolute atomic E-state index is 12.8. The second kappa shape index (κ2) is 9.34. The standard InChI is InChI=1S/C17H21BrN2O3S/c1-3-13(21)11-24-17-19-15-7-6-12(18)10-14(15)16(22)20(17)8-5-9-23-4-2/h6-7,10H,3-5,8-9,11H2,1-2H3. The molecule has 0 radical (unpaired) electrons. The largest absolute Gasteiger partial charge is 0.382 e. The number of ketones is 1. The summed E-state index contributed by atoms with van der Waals surface area (Å²) < 4.78 is 7.85. The minimum absolute atomic E-state index is 0.0794. The van der Waals surface area contributed by atoms with Gasteiger partial charge in [0.2, 0.25) is 0 Å². The first-order valence-corrected chi connectivity index (χ1v) is 9.77. The van der Waals surface area contributed by atoms with Crippen LogP contribution in [0, 0.1) is 0 Å². The number of hydrogen-bond donors (Lipinski definition) is 0. The van der Waals surface area contributed by atoms with Crippen molar-refractivity contribution in [1.29, 1.82) is 0 Å². The molecule has 0 amide bonds. The van der Waals surface area contributed by atoms with Crippen molar-refractivity contribution in [2.24, 2.45) is 0 Å². The lowest BCUT2D eigenvalue weighted by Crippen LogP contribution is -2.24. The van der Waals surface area contributed by atoms with Crippen LogP contribution in [0.5, 0.6) is 0 Å². The molecule has 0 aliphatic heterocycles. The van der Waals surface area contributed by atoms with Gasteiger partial charge in [0.15, 0.2) is 5.16 Å². The van der Waals surface area contributed by atoms with Gasteiger partial charge in [-0.1, -0.05) is 34.6 Å². The Balaban J connectivity index is 2.37. The van der Waals surface area contributed by atoms with Gasteiger partial charge >= 0.3 is 0 Å². The van der Waals surface area contributed by atoms with Crippen molar-refractivity contribution in [3.05, 3.63) is 33.0 Å². The number of carbonyl (C=O) groups is 1. The van der Waals surface area contributed by atoms with Crippen LogP contribution in [0.1, 0.15) is 26.7 Å². The highest BCUT2D eigenvalue weighted by atomic mass is 79.9. The molecule has 0 bridgehead atoms. The summed E-state index contributed by atoms with van der Waals surface area (Å²) in [5.74, 6) is 0.474. The molecule has 1 aromatic heterocycles. The lowest BCUT2D eigenvalue weighted by Gasteiger charge is -2.13. The molecule has 0 fully saturated rings. The number of hydrogen-bond acceptors (Lipinski definition) is 5. The van der Waals surface area contributed by atoms with Crippen LogP contribution in [0.2, 0.25) is 0 Å². The molecule has 130 valence electrons. The third kappa shape index (κ3) is 4.91. The fourth-order valence-electron chi connectivity index (χ4n) is 2.20. The maximum Gasteiger partial charge on any atom is 0.262 e. The molecule has 0 unspecified atom stereocenters. The third-order valence-electron chi connectivity index (χ3n) is 3.51. The van der Waals surface area contributed by atoms with Crippen molar-refractivity contribution in [1.82, 2.24) is 9.55 Å². The van der Waals surface area contributed by atoms with Gasteiger partial charge in [0.25, 0.3) is 5.56 Å². The first kappa shape index (κ1) is 19.1. The summed E-state index contributed by atoms with van der Waals surface area (Å²) >= 11 is 4.72. The van der Waals surface area contributed by atoms with Crippen LogP contribution in [0.15, 0.2) is 32.6 Å². The van der Waals surface area contributed by atoms with E-state index in [2.05, 4.69) is 20.9 Å². The highest BCUT2D eigenvalue weighted by Crippen LogP contribution is 2.21. The fourth-order valence-corrected chi connectivity index (χ4v) is 3.54. The van der Waals surface area contributed by atoms with Gasteiger partial charge < -0.3 is 4.74 Å². The van der Waals surface area contributed by atoms with E-state index in [1.807, 2.05) is 26.0 Å². The molecule has 0 N–H and O–H groups in total. The second-order valence-electron chi connectivity index (χ2n) is 5.24. The molecule has 1 aromatic carbocycles. The third-order valence-corrected chi connectivity index (χ3v) is 5.04. The summed E-state index contributed by atoms with van der Waals surface area (Å²) in [6.45, 7) is 5.56. The van der Waals surface area contributed by atoms with Crippen molar-refractivity contribution >= 4 is 44.4 Å². The lowest BCUT2D eigenvalue weighted by molar-refractivity contribution is -0.116. The molecule has 2 rings (SSSR count). The molecule has 0 atom stereocenters. The molecular formula is C17H21BrN2O3S. The zero-order valence-electron chi connectivity index (χ0n) is 13.9. The van der Waals surface area contributed by atoms with Crippen LogP contribution in [-0.2, 0) is 16.1 Å². The van der Waals surface area contributed by atoms with Crippen LogP contribution in [0.25, 0.3) is 10.9 Å². The topological polar surface area (TPSA) is 61.2 Å². The van der Waals surface area contributed by atoms with Gasteiger partial charge in [-0.3, -0.25) is 14.2 Å². The van der Waals surface area contributed by atoms with Crippen molar-refractivity contribution in [2.75, 3.05) is 19.0 Å². The Bertz CT molecular complexity index is 776. The summed E-state index contributed by atoms with van der Waals surface area (Å²) in [7, 11) is 0. The minimum atomic E-state index is -0.0794. The van der Waals surface area contributed by atoms with Crippen LogP contribution >= 0.6 is 27.7 Å². The summed E-state index contributed by atoms with van der Waals surface area (Å²) in [5, 5.41) is 1.17. The Morgan fingerprint density at radius 2 is 2.17 bits per heavy atom. The Kier molecular flexibility index (Phi) is 7.45. The van der Waals surface area contributed by atoms with Gasteiger partial charge in [-0.05, 0) is 31.5 Å². The predicted octanol–water partition coefficient (Wildman–Crippen LogP) is 3.66. The predicted molar refractivity (Wildman–Crippen MR) is 101 cm³/mol. The number of ether oxygens (including phenoxy) is 1. The normalized spacial score (nSPS) is 11.1. The van der Waals surface area contributed by atoms with E-state index in [0.29, 0.717) is 48.0 Å². The summed E-state index contributed by atoms with van der Waals surface area (Å²) in [5.41, 5.74) is 0.569.